The number of halogens is 2. The van der Waals surface area contributed by atoms with Crippen LogP contribution in [-0.2, 0) is 23.3 Å². The van der Waals surface area contributed by atoms with Gasteiger partial charge in [-0.2, -0.15) is 8.42 Å². The van der Waals surface area contributed by atoms with Gasteiger partial charge in [0, 0.05) is 50.1 Å². The summed E-state index contributed by atoms with van der Waals surface area (Å²) in [5.74, 6) is -0.0342. The molecule has 0 aliphatic rings. The van der Waals surface area contributed by atoms with Crippen molar-refractivity contribution in [3.8, 4) is 5.75 Å². The molecule has 13 heteroatoms. The van der Waals surface area contributed by atoms with Crippen LogP contribution in [0.25, 0.3) is 11.0 Å². The monoisotopic (exact) mass is 537 g/mol. The summed E-state index contributed by atoms with van der Waals surface area (Å²) >= 11 is 6.22. The van der Waals surface area contributed by atoms with Crippen LogP contribution >= 0.6 is 11.6 Å². The zero-order valence-corrected chi connectivity index (χ0v) is 19.5. The molecule has 1 aromatic heterocycles. The maximum atomic E-state index is 14.1. The quantitative estimate of drug-likeness (QED) is 0.353. The predicted octanol–water partition coefficient (Wildman–Crippen LogP) is 2.79. The number of alkyl halides is 1. The molecule has 3 rings (SSSR count). The number of rotatable bonds is 7. The third-order valence-electron chi connectivity index (χ3n) is 4.70. The molecule has 0 unspecified atom stereocenters. The Morgan fingerprint density at radius 2 is 1.91 bits per heavy atom. The van der Waals surface area contributed by atoms with Gasteiger partial charge in [0.25, 0.3) is 10.2 Å². The van der Waals surface area contributed by atoms with Crippen LogP contribution in [0.2, 0.25) is 5.02 Å². The third kappa shape index (κ3) is 6.79. The van der Waals surface area contributed by atoms with Gasteiger partial charge in [0.05, 0.1) is 10.7 Å². The molecular weight excluding hydrogens is 516 g/mol. The topological polar surface area (TPSA) is 118 Å². The SMILES string of the molecule is CNS(=O)(=O)Nc1cccc(Cc2c(CF)c3cc(Cl)c(OC(=O)N(C)C)cc3oc2=O)c1.[KH]. The first-order valence-electron chi connectivity index (χ1n) is 9.58. The summed E-state index contributed by atoms with van der Waals surface area (Å²) in [6.45, 7) is -0.976. The second-order valence-electron chi connectivity index (χ2n) is 7.21. The normalized spacial score (nSPS) is 11.1. The van der Waals surface area contributed by atoms with Crippen molar-refractivity contribution in [2.24, 2.45) is 0 Å². The van der Waals surface area contributed by atoms with Crippen LogP contribution < -0.4 is 19.8 Å². The van der Waals surface area contributed by atoms with E-state index in [-0.39, 0.29) is 96.4 Å². The van der Waals surface area contributed by atoms with E-state index < -0.39 is 28.6 Å². The van der Waals surface area contributed by atoms with E-state index in [0.717, 1.165) is 0 Å². The molecule has 1 heterocycles. The number of nitrogens with one attached hydrogen (secondary N) is 2. The van der Waals surface area contributed by atoms with Crippen LogP contribution in [0.4, 0.5) is 14.9 Å². The van der Waals surface area contributed by atoms with E-state index in [1.807, 2.05) is 0 Å². The number of ether oxygens (including phenoxy) is 1. The average molecular weight is 538 g/mol. The van der Waals surface area contributed by atoms with Crippen LogP contribution in [-0.4, -0.2) is 91.9 Å². The first-order valence-corrected chi connectivity index (χ1v) is 11.4. The average Bonchev–Trinajstić information content (AvgIpc) is 2.75. The number of benzene rings is 2. The second kappa shape index (κ2) is 11.9. The van der Waals surface area contributed by atoms with Gasteiger partial charge in [0.2, 0.25) is 0 Å². The molecular formula is C21H22ClFKN3O6S. The molecule has 0 fully saturated rings. The Morgan fingerprint density at radius 1 is 1.21 bits per heavy atom. The van der Waals surface area contributed by atoms with Gasteiger partial charge in [-0.05, 0) is 23.8 Å². The van der Waals surface area contributed by atoms with Gasteiger partial charge in [0.15, 0.2) is 5.75 Å². The predicted molar refractivity (Wildman–Crippen MR) is 130 cm³/mol. The fraction of sp³-hybridized carbons (Fsp3) is 0.238. The Labute approximate surface area is 243 Å². The summed E-state index contributed by atoms with van der Waals surface area (Å²) in [7, 11) is 0.512. The van der Waals surface area contributed by atoms with E-state index in [4.69, 9.17) is 20.8 Å². The molecule has 2 aromatic carbocycles. The number of carbonyl (C=O) groups is 1. The number of hydrogen-bond acceptors (Lipinski definition) is 6. The summed E-state index contributed by atoms with van der Waals surface area (Å²) < 4.78 is 52.5. The minimum absolute atomic E-state index is 0. The summed E-state index contributed by atoms with van der Waals surface area (Å²) in [5, 5.41) is 0.296. The van der Waals surface area contributed by atoms with Gasteiger partial charge in [-0.1, -0.05) is 23.7 Å². The number of fused-ring (bicyclic) bond motifs is 1. The second-order valence-corrected chi connectivity index (χ2v) is 9.23. The number of amides is 1. The van der Waals surface area contributed by atoms with E-state index in [2.05, 4.69) is 9.44 Å². The maximum absolute atomic E-state index is 14.1. The Balaban J connectivity index is 0.00000408. The molecule has 3 aromatic rings. The molecule has 0 saturated heterocycles. The Bertz CT molecular complexity index is 1380. The van der Waals surface area contributed by atoms with Gasteiger partial charge in [-0.15, -0.1) is 0 Å². The number of hydrogen-bond donors (Lipinski definition) is 2. The standard InChI is InChI=1S/C21H21ClFN3O6S.K.H/c1-24-33(29,30)25-13-6-4-5-12(7-13)8-15-16(11-23)14-9-17(22)19(32-21(28)26(2)3)10-18(14)31-20(15)27;;/h4-7,9-10,24-25H,8,11H2,1-3H3;;. The van der Waals surface area contributed by atoms with Crippen molar-refractivity contribution >= 4 is 95.9 Å². The molecule has 2 N–H and O–H groups in total. The molecule has 178 valence electrons. The van der Waals surface area contributed by atoms with Crippen LogP contribution in [0.5, 0.6) is 5.75 Å². The Hall–Kier alpha value is -1.51. The summed E-state index contributed by atoms with van der Waals surface area (Å²) in [6, 6.07) is 8.96. The molecule has 0 spiro atoms. The van der Waals surface area contributed by atoms with Crippen molar-refractivity contribution in [2.75, 3.05) is 25.9 Å². The summed E-state index contributed by atoms with van der Waals surface area (Å²) in [4.78, 5) is 25.7. The van der Waals surface area contributed by atoms with Crippen LogP contribution in [0.15, 0.2) is 45.6 Å². The third-order valence-corrected chi connectivity index (χ3v) is 6.03. The van der Waals surface area contributed by atoms with Crippen LogP contribution in [0.3, 0.4) is 0 Å². The van der Waals surface area contributed by atoms with E-state index >= 15 is 0 Å². The first-order chi connectivity index (χ1) is 15.5. The van der Waals surface area contributed by atoms with Crippen molar-refractivity contribution in [1.82, 2.24) is 9.62 Å². The van der Waals surface area contributed by atoms with Gasteiger partial charge in [-0.3, -0.25) is 4.72 Å². The molecule has 1 amide bonds. The van der Waals surface area contributed by atoms with Crippen molar-refractivity contribution in [2.45, 2.75) is 13.1 Å². The van der Waals surface area contributed by atoms with Crippen molar-refractivity contribution < 1.29 is 26.8 Å². The zero-order chi connectivity index (χ0) is 24.3. The number of nitrogens with zero attached hydrogens (tertiary/aromatic N) is 1. The van der Waals surface area contributed by atoms with Gasteiger partial charge in [0.1, 0.15) is 12.3 Å². The van der Waals surface area contributed by atoms with Crippen molar-refractivity contribution in [3.05, 3.63) is 68.5 Å². The number of carbonyl (C=O) groups excluding carboxylic acids is 1. The fourth-order valence-corrected chi connectivity index (χ4v) is 3.79. The summed E-state index contributed by atoms with van der Waals surface area (Å²) in [6.07, 6.45) is -0.698. The molecule has 9 nitrogen and oxygen atoms in total. The molecule has 0 bridgehead atoms. The van der Waals surface area contributed by atoms with E-state index in [1.165, 1.54) is 50.3 Å². The van der Waals surface area contributed by atoms with Crippen molar-refractivity contribution in [1.29, 1.82) is 0 Å². The van der Waals surface area contributed by atoms with Crippen molar-refractivity contribution in [3.63, 3.8) is 0 Å². The molecule has 0 atom stereocenters. The first kappa shape index (κ1) is 28.7. The molecule has 0 aliphatic carbocycles. The molecule has 0 radical (unpaired) electrons. The van der Waals surface area contributed by atoms with E-state index in [0.29, 0.717) is 5.56 Å². The number of anilines is 1. The van der Waals surface area contributed by atoms with E-state index in [1.54, 1.807) is 12.1 Å². The van der Waals surface area contributed by atoms with Gasteiger partial charge in [-0.25, -0.2) is 18.7 Å². The molecule has 34 heavy (non-hydrogen) atoms. The van der Waals surface area contributed by atoms with Gasteiger partial charge >= 0.3 is 63.1 Å². The minimum atomic E-state index is -3.73. The fourth-order valence-electron chi connectivity index (χ4n) is 3.05. The Morgan fingerprint density at radius 3 is 2.53 bits per heavy atom. The zero-order valence-electron chi connectivity index (χ0n) is 17.9. The summed E-state index contributed by atoms with van der Waals surface area (Å²) in [5.41, 5.74) is 0.198. The van der Waals surface area contributed by atoms with Crippen LogP contribution in [0.1, 0.15) is 16.7 Å². The Kier molecular flexibility index (Phi) is 10.1. The van der Waals surface area contributed by atoms with Gasteiger partial charge < -0.3 is 14.1 Å². The molecule has 0 saturated carbocycles. The molecule has 0 aliphatic heterocycles. The van der Waals surface area contributed by atoms with Crippen LogP contribution in [0, 0.1) is 0 Å². The van der Waals surface area contributed by atoms with E-state index in [9.17, 15) is 22.4 Å².